The van der Waals surface area contributed by atoms with E-state index in [1.807, 2.05) is 19.2 Å². The number of imidazole rings is 1. The fourth-order valence-electron chi connectivity index (χ4n) is 10.4. The molecule has 4 nitrogen and oxygen atoms in total. The molecule has 0 atom stereocenters. The average molecular weight is 1150 g/mol. The normalized spacial score (nSPS) is 11.7. The number of fused-ring (bicyclic) bond motifs is 1. The van der Waals surface area contributed by atoms with Crippen LogP contribution >= 0.6 is 0 Å². The van der Waals surface area contributed by atoms with Crippen molar-refractivity contribution in [3.63, 3.8) is 0 Å². The quantitative estimate of drug-likeness (QED) is 0.147. The van der Waals surface area contributed by atoms with Gasteiger partial charge in [-0.1, -0.05) is 222 Å². The molecule has 0 unspecified atom stereocenters. The van der Waals surface area contributed by atoms with E-state index in [1.165, 1.54) is 33.4 Å². The number of pyridine rings is 1. The Morgan fingerprint density at radius 1 is 0.453 bits per heavy atom. The third kappa shape index (κ3) is 9.96. The van der Waals surface area contributed by atoms with Crippen LogP contribution in [0.3, 0.4) is 0 Å². The molecular formula is C70H60N3OPt-. The van der Waals surface area contributed by atoms with Gasteiger partial charge in [0.1, 0.15) is 11.6 Å². The summed E-state index contributed by atoms with van der Waals surface area (Å²) < 4.78 is 2.25. The fraction of sp³-hybridized carbons (Fsp3) is 0.143. The zero-order chi connectivity index (χ0) is 51.3. The molecule has 0 bridgehead atoms. The zero-order valence-corrected chi connectivity index (χ0v) is 46.1. The Labute approximate surface area is 456 Å². The Morgan fingerprint density at radius 2 is 1.03 bits per heavy atom. The first kappa shape index (κ1) is 50.6. The second-order valence-electron chi connectivity index (χ2n) is 21.7. The van der Waals surface area contributed by atoms with E-state index < -0.39 is 0 Å². The minimum Gasteiger partial charge on any atom is -0.507 e. The van der Waals surface area contributed by atoms with E-state index in [0.717, 1.165) is 83.6 Å². The van der Waals surface area contributed by atoms with Crippen molar-refractivity contribution in [3.05, 3.63) is 241 Å². The number of hydrogen-bond donors (Lipinski definition) is 1. The van der Waals surface area contributed by atoms with Gasteiger partial charge < -0.3 is 5.11 Å². The van der Waals surface area contributed by atoms with Crippen LogP contribution < -0.4 is 0 Å². The topological polar surface area (TPSA) is 50.9 Å². The zero-order valence-electron chi connectivity index (χ0n) is 43.8. The van der Waals surface area contributed by atoms with Crippen LogP contribution in [-0.2, 0) is 31.9 Å². The average Bonchev–Trinajstić information content (AvgIpc) is 3.84. The Kier molecular flexibility index (Phi) is 13.8. The van der Waals surface area contributed by atoms with Gasteiger partial charge in [0.05, 0.1) is 22.3 Å². The van der Waals surface area contributed by atoms with Gasteiger partial charge in [-0.05, 0) is 127 Å². The molecule has 0 amide bonds. The molecule has 75 heavy (non-hydrogen) atoms. The van der Waals surface area contributed by atoms with Crippen LogP contribution in [0, 0.1) is 19.9 Å². The van der Waals surface area contributed by atoms with E-state index in [-0.39, 0.29) is 37.6 Å². The van der Waals surface area contributed by atoms with E-state index in [0.29, 0.717) is 11.4 Å². The van der Waals surface area contributed by atoms with E-state index in [9.17, 15) is 5.11 Å². The summed E-state index contributed by atoms with van der Waals surface area (Å²) >= 11 is 0. The molecule has 0 aliphatic carbocycles. The van der Waals surface area contributed by atoms with Gasteiger partial charge in [-0.25, -0.2) is 4.98 Å². The monoisotopic (exact) mass is 1150 g/mol. The first-order chi connectivity index (χ1) is 35.7. The summed E-state index contributed by atoms with van der Waals surface area (Å²) in [5, 5.41) is 12.2. The standard InChI is InChI=1S/C70H60N3O.Pt/c1-45-38-53(65-58(51-24-16-11-17-25-51)26-18-28-61(65)70(6,7)8)34-35-63(45)73-64-29-19-27-59(66(64)72-68(73)60-44-57(69(3,4)5)39-46(2)67(60)74)55-40-54(48-22-14-10-15-23-48)41-56(42-55)62-43-52(36-37-71-62)50-32-30-49(31-33-50)47-20-12-9-13-21-47;/h9-41,43-44,74H,1-8H3;/q-1;. The molecule has 11 rings (SSSR count). The molecule has 0 spiro atoms. The van der Waals surface area contributed by atoms with Crippen LogP contribution in [0.4, 0.5) is 0 Å². The predicted molar refractivity (Wildman–Crippen MR) is 310 cm³/mol. The van der Waals surface area contributed by atoms with Crippen LogP contribution in [0.5, 0.6) is 5.75 Å². The van der Waals surface area contributed by atoms with Gasteiger partial charge in [0.25, 0.3) is 0 Å². The Hall–Kier alpha value is -7.91. The molecule has 0 aliphatic heterocycles. The van der Waals surface area contributed by atoms with Gasteiger partial charge in [-0.2, -0.15) is 0 Å². The largest absolute Gasteiger partial charge is 0.507 e. The number of phenolic OH excluding ortho intramolecular Hbond substituents is 1. The predicted octanol–water partition coefficient (Wildman–Crippen LogP) is 18.5. The number of aryl methyl sites for hydroxylation is 2. The minimum absolute atomic E-state index is 0. The van der Waals surface area contributed by atoms with Gasteiger partial charge in [0.15, 0.2) is 0 Å². The molecule has 2 heterocycles. The van der Waals surface area contributed by atoms with Crippen molar-refractivity contribution in [2.24, 2.45) is 0 Å². The summed E-state index contributed by atoms with van der Waals surface area (Å²) in [5.74, 6) is 0.889. The van der Waals surface area contributed by atoms with Gasteiger partial charge in [0.2, 0.25) is 0 Å². The maximum absolute atomic E-state index is 12.2. The van der Waals surface area contributed by atoms with Gasteiger partial charge in [0, 0.05) is 33.0 Å². The molecule has 372 valence electrons. The summed E-state index contributed by atoms with van der Waals surface area (Å²) in [6.07, 6.45) is 1.89. The number of rotatable bonds is 9. The van der Waals surface area contributed by atoms with Crippen LogP contribution in [0.15, 0.2) is 212 Å². The maximum Gasteiger partial charge on any atom is 0.148 e. The molecule has 0 saturated heterocycles. The van der Waals surface area contributed by atoms with E-state index in [1.54, 1.807) is 0 Å². The molecule has 1 N–H and O–H groups in total. The number of benzene rings is 9. The van der Waals surface area contributed by atoms with Crippen LogP contribution in [-0.4, -0.2) is 19.6 Å². The van der Waals surface area contributed by atoms with E-state index in [2.05, 4.69) is 259 Å². The Morgan fingerprint density at radius 3 is 1.67 bits per heavy atom. The van der Waals surface area contributed by atoms with Crippen LogP contribution in [0.2, 0.25) is 0 Å². The third-order valence-electron chi connectivity index (χ3n) is 14.4. The van der Waals surface area contributed by atoms with Crippen LogP contribution in [0.25, 0.3) is 106 Å². The summed E-state index contributed by atoms with van der Waals surface area (Å²) in [7, 11) is 0. The summed E-state index contributed by atoms with van der Waals surface area (Å²) in [6.45, 7) is 17.7. The van der Waals surface area contributed by atoms with Crippen molar-refractivity contribution >= 4 is 11.0 Å². The van der Waals surface area contributed by atoms with E-state index >= 15 is 0 Å². The van der Waals surface area contributed by atoms with Gasteiger partial charge in [-0.3, -0.25) is 9.55 Å². The first-order valence-corrected chi connectivity index (χ1v) is 25.6. The van der Waals surface area contributed by atoms with Crippen molar-refractivity contribution in [3.8, 4) is 101 Å². The fourth-order valence-corrected chi connectivity index (χ4v) is 10.4. The smallest absolute Gasteiger partial charge is 0.148 e. The van der Waals surface area contributed by atoms with Crippen molar-refractivity contribution in [1.82, 2.24) is 14.5 Å². The van der Waals surface area contributed by atoms with Gasteiger partial charge >= 0.3 is 0 Å². The summed E-state index contributed by atoms with van der Waals surface area (Å²) in [6, 6.07) is 77.1. The number of aromatic nitrogens is 3. The molecule has 5 heteroatoms. The van der Waals surface area contributed by atoms with Crippen molar-refractivity contribution in [2.75, 3.05) is 0 Å². The second kappa shape index (κ2) is 20.4. The molecule has 0 fully saturated rings. The second-order valence-corrected chi connectivity index (χ2v) is 21.7. The first-order valence-electron chi connectivity index (χ1n) is 25.6. The Bertz CT molecular complexity index is 3860. The molecule has 2 aromatic heterocycles. The van der Waals surface area contributed by atoms with Gasteiger partial charge in [-0.15, -0.1) is 23.8 Å². The number of phenols is 1. The molecule has 0 radical (unpaired) electrons. The van der Waals surface area contributed by atoms with Crippen molar-refractivity contribution < 1.29 is 26.2 Å². The maximum atomic E-state index is 12.2. The molecule has 0 saturated carbocycles. The number of aromatic hydroxyl groups is 1. The van der Waals surface area contributed by atoms with Crippen molar-refractivity contribution in [2.45, 2.75) is 66.2 Å². The number of para-hydroxylation sites is 1. The summed E-state index contributed by atoms with van der Waals surface area (Å²) in [4.78, 5) is 10.6. The molecule has 9 aromatic carbocycles. The van der Waals surface area contributed by atoms with Crippen molar-refractivity contribution in [1.29, 1.82) is 0 Å². The third-order valence-corrected chi connectivity index (χ3v) is 14.4. The van der Waals surface area contributed by atoms with E-state index in [4.69, 9.17) is 9.97 Å². The van der Waals surface area contributed by atoms with Crippen LogP contribution in [0.1, 0.15) is 63.8 Å². The number of hydrogen-bond acceptors (Lipinski definition) is 3. The molecule has 11 aromatic rings. The molecular weight excluding hydrogens is 1090 g/mol. The minimum atomic E-state index is -0.177. The number of nitrogens with zero attached hydrogens (tertiary/aromatic N) is 3. The SMILES string of the molecule is Cc1cc(-c2c(-c3ccccc3)cccc2C(C)(C)C)ccc1-n1c(-c2cc(C(C)(C)C)cc(C)c2O)nc2c(-c3[c-]c(-c4cc(-c5ccc(-c6ccccc6)cc5)ccn4)cc(-c4ccccc4)c3)cccc21.[Pt]. The molecule has 0 aliphatic rings. The summed E-state index contributed by atoms with van der Waals surface area (Å²) in [5.41, 5.74) is 22.4. The Balaban J connectivity index is 0.00000641.